The quantitative estimate of drug-likeness (QED) is 0.341. The number of amides is 1. The molecule has 39 heavy (non-hydrogen) atoms. The summed E-state index contributed by atoms with van der Waals surface area (Å²) in [5.41, 5.74) is 9.95. The number of allylic oxidation sites excluding steroid dienone is 1. The lowest BCUT2D eigenvalue weighted by Crippen LogP contribution is -2.61. The van der Waals surface area contributed by atoms with Gasteiger partial charge in [-0.15, -0.1) is 0 Å². The van der Waals surface area contributed by atoms with Crippen molar-refractivity contribution in [2.24, 2.45) is 11.3 Å². The van der Waals surface area contributed by atoms with Crippen molar-refractivity contribution in [2.75, 3.05) is 68.0 Å². The zero-order chi connectivity index (χ0) is 27.1. The zero-order valence-electron chi connectivity index (χ0n) is 22.9. The molecule has 4 fully saturated rings. The largest absolute Gasteiger partial charge is 0.378 e. The molecule has 2 N–H and O–H groups in total. The Labute approximate surface area is 229 Å². The summed E-state index contributed by atoms with van der Waals surface area (Å²) >= 11 is 0. The molecule has 10 nitrogen and oxygen atoms in total. The van der Waals surface area contributed by atoms with Crippen molar-refractivity contribution in [3.05, 3.63) is 35.7 Å². The number of rotatable bonds is 6. The summed E-state index contributed by atoms with van der Waals surface area (Å²) < 4.78 is 5.55. The molecular weight excluding hydrogens is 494 g/mol. The van der Waals surface area contributed by atoms with Gasteiger partial charge in [0.05, 0.1) is 24.5 Å². The van der Waals surface area contributed by atoms with Gasteiger partial charge < -0.3 is 25.2 Å². The van der Waals surface area contributed by atoms with Gasteiger partial charge in [0.25, 0.3) is 5.91 Å². The van der Waals surface area contributed by atoms with Crippen LogP contribution in [0.25, 0.3) is 11.3 Å². The van der Waals surface area contributed by atoms with Crippen LogP contribution in [0.4, 0.5) is 17.5 Å². The Hall–Kier alpha value is -3.53. The van der Waals surface area contributed by atoms with E-state index in [0.29, 0.717) is 31.9 Å². The van der Waals surface area contributed by atoms with Crippen LogP contribution in [0.5, 0.6) is 0 Å². The van der Waals surface area contributed by atoms with E-state index in [9.17, 15) is 9.59 Å². The molecular formula is C29H37N7O3. The van der Waals surface area contributed by atoms with Crippen LogP contribution in [0.15, 0.2) is 35.7 Å². The van der Waals surface area contributed by atoms with Crippen LogP contribution < -0.4 is 15.5 Å². The summed E-state index contributed by atoms with van der Waals surface area (Å²) in [5.74, 6) is 1.20. The average Bonchev–Trinajstić information content (AvgIpc) is 3.78. The van der Waals surface area contributed by atoms with Gasteiger partial charge >= 0.3 is 0 Å². The van der Waals surface area contributed by atoms with E-state index in [-0.39, 0.29) is 29.0 Å². The maximum atomic E-state index is 13.3. The molecule has 206 valence electrons. The number of hydrogen-bond donors (Lipinski definition) is 1. The summed E-state index contributed by atoms with van der Waals surface area (Å²) in [7, 11) is 0. The minimum atomic E-state index is -0.0717. The third-order valence-corrected chi connectivity index (χ3v) is 8.54. The SMILES string of the molecule is CC(C)=C(C(=O)C1CC1)C(=O)N1CCC2(CC1)CN(c1cc(-c3cnc(N)nc3)nc(N3CCOCC3)c1)C2. The number of nitrogen functional groups attached to an aromatic ring is 1. The first-order chi connectivity index (χ1) is 18.8. The maximum absolute atomic E-state index is 13.3. The maximum Gasteiger partial charge on any atom is 0.257 e. The topological polar surface area (TPSA) is 118 Å². The normalized spacial score (nSPS) is 20.5. The standard InChI is InChI=1S/C29H37N7O3/c1-19(2)25(26(37)20-3-4-20)27(38)35-7-5-29(6-8-35)17-36(18-29)22-13-23(21-15-31-28(30)32-16-21)33-24(14-22)34-9-11-39-12-10-34/h13-16,20H,3-12,17-18H2,1-2H3,(H2,30,31,32). The van der Waals surface area contributed by atoms with Crippen LogP contribution >= 0.6 is 0 Å². The van der Waals surface area contributed by atoms with Gasteiger partial charge in [-0.05, 0) is 45.6 Å². The van der Waals surface area contributed by atoms with Crippen LogP contribution in [0.3, 0.4) is 0 Å². The number of piperidine rings is 1. The number of likely N-dealkylation sites (tertiary alicyclic amines) is 1. The average molecular weight is 532 g/mol. The highest BCUT2D eigenvalue weighted by atomic mass is 16.5. The molecule has 0 unspecified atom stereocenters. The monoisotopic (exact) mass is 531 g/mol. The Morgan fingerprint density at radius 2 is 1.64 bits per heavy atom. The van der Waals surface area contributed by atoms with Gasteiger partial charge in [0.2, 0.25) is 5.95 Å². The van der Waals surface area contributed by atoms with Crippen molar-refractivity contribution in [1.29, 1.82) is 0 Å². The lowest BCUT2D eigenvalue weighted by atomic mass is 9.71. The summed E-state index contributed by atoms with van der Waals surface area (Å²) in [6.45, 7) is 10.0. The number of morpholine rings is 1. The number of aromatic nitrogens is 3. The molecule has 0 bridgehead atoms. The number of hydrogen-bond acceptors (Lipinski definition) is 9. The molecule has 1 aliphatic carbocycles. The van der Waals surface area contributed by atoms with Crippen molar-refractivity contribution in [3.63, 3.8) is 0 Å². The van der Waals surface area contributed by atoms with E-state index in [4.69, 9.17) is 15.5 Å². The van der Waals surface area contributed by atoms with Crippen LogP contribution in [0, 0.1) is 11.3 Å². The number of carbonyl (C=O) groups excluding carboxylic acids is 2. The lowest BCUT2D eigenvalue weighted by molar-refractivity contribution is -0.132. The Kier molecular flexibility index (Phi) is 6.74. The third-order valence-electron chi connectivity index (χ3n) is 8.54. The first kappa shape index (κ1) is 25.7. The number of anilines is 3. The van der Waals surface area contributed by atoms with E-state index in [2.05, 4.69) is 31.9 Å². The number of Topliss-reactive ketones (excluding diaryl/α,β-unsaturated/α-hetero) is 1. The number of nitrogens with two attached hydrogens (primary N) is 1. The van der Waals surface area contributed by atoms with Gasteiger partial charge in [0.1, 0.15) is 5.82 Å². The minimum Gasteiger partial charge on any atom is -0.378 e. The second-order valence-electron chi connectivity index (χ2n) is 11.7. The predicted octanol–water partition coefficient (Wildman–Crippen LogP) is 2.70. The second kappa shape index (κ2) is 10.2. The van der Waals surface area contributed by atoms with Gasteiger partial charge in [-0.25, -0.2) is 15.0 Å². The summed E-state index contributed by atoms with van der Waals surface area (Å²) in [6.07, 6.45) is 7.16. The fraction of sp³-hybridized carbons (Fsp3) is 0.552. The van der Waals surface area contributed by atoms with E-state index >= 15 is 0 Å². The van der Waals surface area contributed by atoms with E-state index in [1.807, 2.05) is 18.7 Å². The highest BCUT2D eigenvalue weighted by Crippen LogP contribution is 2.44. The molecule has 5 heterocycles. The molecule has 1 saturated carbocycles. The number of nitrogens with zero attached hydrogens (tertiary/aromatic N) is 6. The van der Waals surface area contributed by atoms with Crippen LogP contribution in [-0.4, -0.2) is 84.0 Å². The molecule has 0 aromatic carbocycles. The molecule has 2 aromatic heterocycles. The number of carbonyl (C=O) groups is 2. The molecule has 2 aromatic rings. The van der Waals surface area contributed by atoms with E-state index in [1.165, 1.54) is 0 Å². The van der Waals surface area contributed by atoms with Crippen LogP contribution in [-0.2, 0) is 14.3 Å². The fourth-order valence-electron chi connectivity index (χ4n) is 5.98. The Bertz CT molecular complexity index is 1280. The van der Waals surface area contributed by atoms with E-state index in [0.717, 1.165) is 80.2 Å². The Balaban J connectivity index is 1.15. The Morgan fingerprint density at radius 1 is 0.974 bits per heavy atom. The predicted molar refractivity (Wildman–Crippen MR) is 149 cm³/mol. The van der Waals surface area contributed by atoms with Gasteiger partial charge in [0.15, 0.2) is 5.78 Å². The van der Waals surface area contributed by atoms with Crippen molar-refractivity contribution < 1.29 is 14.3 Å². The molecule has 1 spiro atoms. The molecule has 0 radical (unpaired) electrons. The zero-order valence-corrected chi connectivity index (χ0v) is 22.9. The highest BCUT2D eigenvalue weighted by Gasteiger charge is 2.46. The van der Waals surface area contributed by atoms with Crippen molar-refractivity contribution >= 4 is 29.1 Å². The first-order valence-electron chi connectivity index (χ1n) is 14.0. The van der Waals surface area contributed by atoms with Gasteiger partial charge in [-0.3, -0.25) is 9.59 Å². The second-order valence-corrected chi connectivity index (χ2v) is 11.7. The Morgan fingerprint density at radius 3 is 2.26 bits per heavy atom. The fourth-order valence-corrected chi connectivity index (χ4v) is 5.98. The van der Waals surface area contributed by atoms with Crippen molar-refractivity contribution in [3.8, 4) is 11.3 Å². The number of pyridine rings is 1. The molecule has 10 heteroatoms. The van der Waals surface area contributed by atoms with Crippen molar-refractivity contribution in [2.45, 2.75) is 39.5 Å². The van der Waals surface area contributed by atoms with Gasteiger partial charge in [-0.1, -0.05) is 5.57 Å². The molecule has 6 rings (SSSR count). The minimum absolute atomic E-state index is 0.0474. The van der Waals surface area contributed by atoms with Gasteiger partial charge in [0, 0.05) is 80.3 Å². The first-order valence-corrected chi connectivity index (χ1v) is 14.0. The summed E-state index contributed by atoms with van der Waals surface area (Å²) in [4.78, 5) is 45.9. The number of ketones is 1. The van der Waals surface area contributed by atoms with E-state index < -0.39 is 0 Å². The molecule has 4 aliphatic rings. The third kappa shape index (κ3) is 5.22. The highest BCUT2D eigenvalue weighted by molar-refractivity contribution is 6.21. The molecule has 3 saturated heterocycles. The molecule has 1 amide bonds. The number of ether oxygens (including phenoxy) is 1. The van der Waals surface area contributed by atoms with Crippen LogP contribution in [0.1, 0.15) is 39.5 Å². The van der Waals surface area contributed by atoms with E-state index in [1.54, 1.807) is 12.4 Å². The van der Waals surface area contributed by atoms with Gasteiger partial charge in [-0.2, -0.15) is 0 Å². The summed E-state index contributed by atoms with van der Waals surface area (Å²) in [6, 6.07) is 4.28. The smallest absolute Gasteiger partial charge is 0.257 e. The lowest BCUT2D eigenvalue weighted by Gasteiger charge is -2.55. The van der Waals surface area contributed by atoms with Crippen molar-refractivity contribution in [1.82, 2.24) is 19.9 Å². The molecule has 0 atom stereocenters. The molecule has 3 aliphatic heterocycles. The summed E-state index contributed by atoms with van der Waals surface area (Å²) in [5, 5.41) is 0. The van der Waals surface area contributed by atoms with Crippen LogP contribution in [0.2, 0.25) is 0 Å².